The average molecular weight is 342 g/mol. The van der Waals surface area contributed by atoms with Crippen LogP contribution in [0, 0.1) is 5.82 Å². The number of hydrogen-bond acceptors (Lipinski definition) is 3. The van der Waals surface area contributed by atoms with Crippen LogP contribution in [0.5, 0.6) is 0 Å². The Morgan fingerprint density at radius 2 is 2.12 bits per heavy atom. The Kier molecular flexibility index (Phi) is 4.04. The van der Waals surface area contributed by atoms with Crippen molar-refractivity contribution in [3.05, 3.63) is 46.5 Å². The maximum atomic E-state index is 14.5. The van der Waals surface area contributed by atoms with Crippen molar-refractivity contribution in [3.8, 4) is 0 Å². The van der Waals surface area contributed by atoms with Gasteiger partial charge in [-0.3, -0.25) is 9.89 Å². The molecule has 1 aliphatic rings. The van der Waals surface area contributed by atoms with E-state index in [9.17, 15) is 22.4 Å². The summed E-state index contributed by atoms with van der Waals surface area (Å²) in [5, 5.41) is 7.34. The summed E-state index contributed by atoms with van der Waals surface area (Å²) in [5.74, 6) is -1.46. The Bertz CT molecular complexity index is 784. The van der Waals surface area contributed by atoms with Crippen LogP contribution in [0.4, 0.5) is 23.2 Å². The highest BCUT2D eigenvalue weighted by Crippen LogP contribution is 2.29. The molecule has 1 amide bonds. The van der Waals surface area contributed by atoms with Crippen LogP contribution in [0.1, 0.15) is 27.3 Å². The quantitative estimate of drug-likeness (QED) is 0.825. The van der Waals surface area contributed by atoms with Crippen LogP contribution in [-0.2, 0) is 19.1 Å². The number of aromatic amines is 1. The van der Waals surface area contributed by atoms with Gasteiger partial charge in [-0.15, -0.1) is 0 Å². The first-order valence-corrected chi connectivity index (χ1v) is 7.18. The van der Waals surface area contributed by atoms with E-state index in [0.717, 1.165) is 5.56 Å². The fourth-order valence-corrected chi connectivity index (χ4v) is 2.62. The summed E-state index contributed by atoms with van der Waals surface area (Å²) >= 11 is 0. The number of amides is 1. The van der Waals surface area contributed by atoms with Gasteiger partial charge in [-0.2, -0.15) is 18.3 Å². The van der Waals surface area contributed by atoms with E-state index in [-0.39, 0.29) is 5.69 Å². The number of hydrogen-bond donors (Lipinski definition) is 2. The number of aromatic nitrogens is 2. The molecule has 9 heteroatoms. The maximum Gasteiger partial charge on any atom is 0.432 e. The minimum atomic E-state index is -4.63. The highest BCUT2D eigenvalue weighted by Gasteiger charge is 2.34. The van der Waals surface area contributed by atoms with Gasteiger partial charge >= 0.3 is 6.18 Å². The van der Waals surface area contributed by atoms with E-state index in [1.54, 1.807) is 11.2 Å². The lowest BCUT2D eigenvalue weighted by molar-refractivity contribution is -0.141. The molecule has 3 rings (SSSR count). The topological polar surface area (TPSA) is 61.0 Å². The second-order valence-corrected chi connectivity index (χ2v) is 5.67. The zero-order chi connectivity index (χ0) is 17.5. The monoisotopic (exact) mass is 342 g/mol. The normalized spacial score (nSPS) is 15.2. The molecule has 0 spiro atoms. The molecule has 0 unspecified atom stereocenters. The number of halogens is 4. The molecule has 0 atom stereocenters. The Balaban J connectivity index is 1.81. The Hall–Kier alpha value is -2.42. The van der Waals surface area contributed by atoms with Crippen molar-refractivity contribution in [2.45, 2.75) is 19.1 Å². The van der Waals surface area contributed by atoms with Gasteiger partial charge in [-0.1, -0.05) is 6.07 Å². The SMILES string of the molecule is CN1CCc2c(ccc(NC(=O)c3cc(C(F)(F)F)[nH]n3)c2F)C1. The number of likely N-dealkylation sites (N-methyl/N-ethyl adjacent to an activating group) is 1. The van der Waals surface area contributed by atoms with E-state index < -0.39 is 29.3 Å². The van der Waals surface area contributed by atoms with Crippen LogP contribution in [0.2, 0.25) is 0 Å². The van der Waals surface area contributed by atoms with Crippen LogP contribution in [0.25, 0.3) is 0 Å². The van der Waals surface area contributed by atoms with E-state index in [2.05, 4.69) is 10.4 Å². The summed E-state index contributed by atoms with van der Waals surface area (Å²) in [6.45, 7) is 1.30. The van der Waals surface area contributed by atoms with Crippen LogP contribution >= 0.6 is 0 Å². The number of alkyl halides is 3. The number of nitrogens with zero attached hydrogens (tertiary/aromatic N) is 2. The zero-order valence-electron chi connectivity index (χ0n) is 12.7. The molecule has 0 saturated heterocycles. The minimum Gasteiger partial charge on any atom is -0.318 e. The molecule has 0 radical (unpaired) electrons. The number of carbonyl (C=O) groups is 1. The fourth-order valence-electron chi connectivity index (χ4n) is 2.62. The van der Waals surface area contributed by atoms with Gasteiger partial charge in [0.2, 0.25) is 0 Å². The van der Waals surface area contributed by atoms with Crippen LogP contribution in [0.15, 0.2) is 18.2 Å². The van der Waals surface area contributed by atoms with Crippen molar-refractivity contribution in [3.63, 3.8) is 0 Å². The molecule has 2 N–H and O–H groups in total. The molecule has 2 heterocycles. The Labute approximate surface area is 134 Å². The highest BCUT2D eigenvalue weighted by atomic mass is 19.4. The largest absolute Gasteiger partial charge is 0.432 e. The lowest BCUT2D eigenvalue weighted by atomic mass is 9.98. The van der Waals surface area contributed by atoms with Gasteiger partial charge in [-0.05, 0) is 30.7 Å². The number of anilines is 1. The van der Waals surface area contributed by atoms with Gasteiger partial charge in [0.05, 0.1) is 5.69 Å². The predicted molar refractivity (Wildman–Crippen MR) is 78.0 cm³/mol. The van der Waals surface area contributed by atoms with Gasteiger partial charge < -0.3 is 10.2 Å². The van der Waals surface area contributed by atoms with Gasteiger partial charge in [0.15, 0.2) is 5.69 Å². The number of rotatable bonds is 2. The molecule has 1 aliphatic heterocycles. The number of carbonyl (C=O) groups excluding carboxylic acids is 1. The Morgan fingerprint density at radius 3 is 2.79 bits per heavy atom. The van der Waals surface area contributed by atoms with Gasteiger partial charge in [0.1, 0.15) is 11.5 Å². The number of H-pyrrole nitrogens is 1. The molecule has 24 heavy (non-hydrogen) atoms. The third-order valence-corrected chi connectivity index (χ3v) is 3.89. The summed E-state index contributed by atoms with van der Waals surface area (Å²) < 4.78 is 52.0. The molecule has 1 aromatic carbocycles. The van der Waals surface area contributed by atoms with Crippen molar-refractivity contribution in [1.29, 1.82) is 0 Å². The lowest BCUT2D eigenvalue weighted by Gasteiger charge is -2.26. The molecule has 0 bridgehead atoms. The molecule has 128 valence electrons. The van der Waals surface area contributed by atoms with Gasteiger partial charge in [0.25, 0.3) is 5.91 Å². The number of benzene rings is 1. The Morgan fingerprint density at radius 1 is 1.38 bits per heavy atom. The first-order valence-electron chi connectivity index (χ1n) is 7.18. The second-order valence-electron chi connectivity index (χ2n) is 5.67. The first-order chi connectivity index (χ1) is 11.3. The molecule has 2 aromatic rings. The molecule has 5 nitrogen and oxygen atoms in total. The van der Waals surface area contributed by atoms with Crippen molar-refractivity contribution >= 4 is 11.6 Å². The third kappa shape index (κ3) is 3.12. The van der Waals surface area contributed by atoms with Gasteiger partial charge in [-0.25, -0.2) is 4.39 Å². The van der Waals surface area contributed by atoms with Crippen LogP contribution in [0.3, 0.4) is 0 Å². The van der Waals surface area contributed by atoms with Crippen molar-refractivity contribution in [1.82, 2.24) is 15.1 Å². The minimum absolute atomic E-state index is 0.0696. The van der Waals surface area contributed by atoms with E-state index in [1.807, 2.05) is 11.9 Å². The fraction of sp³-hybridized carbons (Fsp3) is 0.333. The van der Waals surface area contributed by atoms with Crippen LogP contribution < -0.4 is 5.32 Å². The zero-order valence-corrected chi connectivity index (χ0v) is 12.7. The van der Waals surface area contributed by atoms with E-state index in [1.165, 1.54) is 6.07 Å². The van der Waals surface area contributed by atoms with Crippen molar-refractivity contribution < 1.29 is 22.4 Å². The van der Waals surface area contributed by atoms with Crippen LogP contribution in [-0.4, -0.2) is 34.6 Å². The maximum absolute atomic E-state index is 14.5. The van der Waals surface area contributed by atoms with Gasteiger partial charge in [0, 0.05) is 19.2 Å². The van der Waals surface area contributed by atoms with E-state index >= 15 is 0 Å². The summed E-state index contributed by atoms with van der Waals surface area (Å²) in [5.41, 5.74) is -0.317. The van der Waals surface area contributed by atoms with E-state index in [0.29, 0.717) is 31.1 Å². The van der Waals surface area contributed by atoms with E-state index in [4.69, 9.17) is 0 Å². The highest BCUT2D eigenvalue weighted by molar-refractivity contribution is 6.03. The molecule has 0 saturated carbocycles. The summed E-state index contributed by atoms with van der Waals surface area (Å²) in [7, 11) is 1.92. The average Bonchev–Trinajstić information content (AvgIpc) is 3.00. The summed E-state index contributed by atoms with van der Waals surface area (Å²) in [6.07, 6.45) is -4.13. The smallest absolute Gasteiger partial charge is 0.318 e. The standard InChI is InChI=1S/C15H14F4N4O/c1-23-5-4-9-8(7-23)2-3-10(13(9)16)20-14(24)11-6-12(22-21-11)15(17,18)19/h2-3,6H,4-5,7H2,1H3,(H,20,24)(H,21,22). The third-order valence-electron chi connectivity index (χ3n) is 3.89. The number of fused-ring (bicyclic) bond motifs is 1. The lowest BCUT2D eigenvalue weighted by Crippen LogP contribution is -2.27. The molecular weight excluding hydrogens is 328 g/mol. The summed E-state index contributed by atoms with van der Waals surface area (Å²) in [4.78, 5) is 14.0. The number of nitrogens with one attached hydrogen (secondary N) is 2. The molecule has 0 aliphatic carbocycles. The molecule has 1 aromatic heterocycles. The second kappa shape index (κ2) is 5.90. The molecular formula is C15H14F4N4O. The molecule has 0 fully saturated rings. The first kappa shape index (κ1) is 16.4. The summed E-state index contributed by atoms with van der Waals surface area (Å²) in [6, 6.07) is 3.69. The van der Waals surface area contributed by atoms with Crippen molar-refractivity contribution in [2.24, 2.45) is 0 Å². The van der Waals surface area contributed by atoms with Crippen molar-refractivity contribution in [2.75, 3.05) is 18.9 Å². The predicted octanol–water partition coefficient (Wildman–Crippen LogP) is 2.81.